The summed E-state index contributed by atoms with van der Waals surface area (Å²) in [7, 11) is 0. The lowest BCUT2D eigenvalue weighted by atomic mass is 9.82. The van der Waals surface area contributed by atoms with Crippen molar-refractivity contribution in [1.29, 1.82) is 0 Å². The summed E-state index contributed by atoms with van der Waals surface area (Å²) >= 11 is 0. The Hall–Kier alpha value is -2.87. The second-order valence-electron chi connectivity index (χ2n) is 10.6. The van der Waals surface area contributed by atoms with E-state index < -0.39 is 5.60 Å². The molecule has 2 fully saturated rings. The fourth-order valence-electron chi connectivity index (χ4n) is 4.67. The lowest BCUT2D eigenvalue weighted by Crippen LogP contribution is -2.51. The molecule has 34 heavy (non-hydrogen) atoms. The van der Waals surface area contributed by atoms with E-state index >= 15 is 0 Å². The average molecular weight is 469 g/mol. The highest BCUT2D eigenvalue weighted by Gasteiger charge is 2.27. The topological polar surface area (TPSA) is 104 Å². The molecule has 4 rings (SSSR count). The minimum absolute atomic E-state index is 0.0883. The third-order valence-electron chi connectivity index (χ3n) is 6.59. The van der Waals surface area contributed by atoms with Crippen LogP contribution in [0.4, 0.5) is 10.6 Å². The first-order chi connectivity index (χ1) is 16.2. The van der Waals surface area contributed by atoms with Crippen LogP contribution in [0, 0.1) is 11.8 Å². The molecule has 3 N–H and O–H groups in total. The van der Waals surface area contributed by atoms with Crippen molar-refractivity contribution in [2.75, 3.05) is 31.1 Å². The predicted octanol–water partition coefficient (Wildman–Crippen LogP) is 3.48. The van der Waals surface area contributed by atoms with E-state index in [9.17, 15) is 14.7 Å². The first-order valence-corrected chi connectivity index (χ1v) is 12.3. The molecule has 2 amide bonds. The number of benzene rings is 1. The number of para-hydroxylation sites is 1. The molecule has 1 aliphatic heterocycles. The molecule has 1 aliphatic carbocycles. The molecule has 8 nitrogen and oxygen atoms in total. The van der Waals surface area contributed by atoms with Crippen molar-refractivity contribution < 1.29 is 19.4 Å². The highest BCUT2D eigenvalue weighted by atomic mass is 16.6. The number of pyridine rings is 1. The third-order valence-corrected chi connectivity index (χ3v) is 6.59. The van der Waals surface area contributed by atoms with E-state index in [-0.39, 0.29) is 18.1 Å². The summed E-state index contributed by atoms with van der Waals surface area (Å²) in [5, 5.41) is 16.5. The van der Waals surface area contributed by atoms with Gasteiger partial charge in [0.25, 0.3) is 5.91 Å². The number of alkyl carbamates (subject to hydrolysis) is 1. The zero-order valence-corrected chi connectivity index (χ0v) is 20.3. The Labute approximate surface area is 201 Å². The van der Waals surface area contributed by atoms with Gasteiger partial charge in [-0.05, 0) is 70.4 Å². The minimum Gasteiger partial charge on any atom is -0.444 e. The van der Waals surface area contributed by atoms with Gasteiger partial charge < -0.3 is 25.4 Å². The van der Waals surface area contributed by atoms with Gasteiger partial charge in [0.05, 0.1) is 17.2 Å². The van der Waals surface area contributed by atoms with Gasteiger partial charge in [0, 0.05) is 31.6 Å². The van der Waals surface area contributed by atoms with Crippen LogP contribution in [0.3, 0.4) is 0 Å². The number of ether oxygens (including phenoxy) is 1. The normalized spacial score (nSPS) is 21.1. The van der Waals surface area contributed by atoms with Crippen LogP contribution >= 0.6 is 0 Å². The highest BCUT2D eigenvalue weighted by molar-refractivity contribution is 6.07. The molecule has 1 saturated carbocycles. The molecule has 2 aliphatic rings. The Bertz CT molecular complexity index is 1020. The fraction of sp³-hybridized carbons (Fsp3) is 0.577. The largest absolute Gasteiger partial charge is 0.444 e. The van der Waals surface area contributed by atoms with Crippen molar-refractivity contribution in [3.05, 3.63) is 35.9 Å². The quantitative estimate of drug-likeness (QED) is 0.600. The molecule has 184 valence electrons. The number of rotatable bonds is 6. The van der Waals surface area contributed by atoms with Gasteiger partial charge in [0.1, 0.15) is 11.4 Å². The maximum Gasteiger partial charge on any atom is 0.407 e. The van der Waals surface area contributed by atoms with Crippen molar-refractivity contribution in [2.24, 2.45) is 11.8 Å². The predicted molar refractivity (Wildman–Crippen MR) is 132 cm³/mol. The molecule has 0 radical (unpaired) electrons. The van der Waals surface area contributed by atoms with Crippen molar-refractivity contribution in [3.63, 3.8) is 0 Å². The van der Waals surface area contributed by atoms with E-state index in [1.54, 1.807) is 0 Å². The molecule has 2 aromatic rings. The number of fused-ring (bicyclic) bond motifs is 1. The summed E-state index contributed by atoms with van der Waals surface area (Å²) in [6.07, 6.45) is 3.40. The van der Waals surface area contributed by atoms with Gasteiger partial charge >= 0.3 is 6.09 Å². The number of carbonyl (C=O) groups excluding carboxylic acids is 2. The highest BCUT2D eigenvalue weighted by Crippen LogP contribution is 2.29. The van der Waals surface area contributed by atoms with Crippen LogP contribution in [0.2, 0.25) is 0 Å². The summed E-state index contributed by atoms with van der Waals surface area (Å²) in [4.78, 5) is 31.7. The van der Waals surface area contributed by atoms with E-state index in [0.29, 0.717) is 43.6 Å². The number of aliphatic hydroxyl groups is 1. The number of β-amino-alcohol motifs (C(OH)–C–C–N with tert-alkyl or cyclic N) is 1. The zero-order chi connectivity index (χ0) is 24.3. The molecule has 8 heteroatoms. The first kappa shape index (κ1) is 24.3. The summed E-state index contributed by atoms with van der Waals surface area (Å²) in [5.74, 6) is 1.51. The van der Waals surface area contributed by atoms with E-state index in [1.165, 1.54) is 0 Å². The van der Waals surface area contributed by atoms with Crippen LogP contribution in [0.5, 0.6) is 0 Å². The Morgan fingerprint density at radius 1 is 1.06 bits per heavy atom. The lowest BCUT2D eigenvalue weighted by molar-refractivity contribution is 0.0512. The third kappa shape index (κ3) is 6.17. The average Bonchev–Trinajstić information content (AvgIpc) is 2.78. The van der Waals surface area contributed by atoms with E-state index in [4.69, 9.17) is 4.74 Å². The van der Waals surface area contributed by atoms with Gasteiger partial charge in [0.15, 0.2) is 0 Å². The van der Waals surface area contributed by atoms with Crippen LogP contribution in [0.25, 0.3) is 10.9 Å². The lowest BCUT2D eigenvalue weighted by Gasteiger charge is -2.37. The number of hydrogen-bond donors (Lipinski definition) is 3. The van der Waals surface area contributed by atoms with Gasteiger partial charge in [-0.2, -0.15) is 0 Å². The molecule has 1 aromatic heterocycles. The van der Waals surface area contributed by atoms with Crippen molar-refractivity contribution in [1.82, 2.24) is 15.6 Å². The Balaban J connectivity index is 1.29. The Kier molecular flexibility index (Phi) is 7.26. The van der Waals surface area contributed by atoms with Gasteiger partial charge in [0.2, 0.25) is 0 Å². The second-order valence-corrected chi connectivity index (χ2v) is 10.6. The summed E-state index contributed by atoms with van der Waals surface area (Å²) in [6.45, 7) is 7.92. The van der Waals surface area contributed by atoms with Crippen LogP contribution in [-0.4, -0.2) is 60.0 Å². The molecule has 0 bridgehead atoms. The molecule has 0 atom stereocenters. The van der Waals surface area contributed by atoms with Crippen LogP contribution < -0.4 is 15.5 Å². The van der Waals surface area contributed by atoms with Crippen LogP contribution in [-0.2, 0) is 4.74 Å². The van der Waals surface area contributed by atoms with Gasteiger partial charge in [-0.3, -0.25) is 4.79 Å². The summed E-state index contributed by atoms with van der Waals surface area (Å²) in [5.41, 5.74) is 0.916. The molecule has 0 spiro atoms. The molecule has 0 unspecified atom stereocenters. The van der Waals surface area contributed by atoms with Gasteiger partial charge in [-0.1, -0.05) is 18.2 Å². The SMILES string of the molecule is CC(C)(C)OC(=O)NCC1CCC(CNC(=O)c2cc(N3CC(O)C3)nc3ccccc23)CC1. The summed E-state index contributed by atoms with van der Waals surface area (Å²) < 4.78 is 5.31. The van der Waals surface area contributed by atoms with E-state index in [1.807, 2.05) is 56.0 Å². The van der Waals surface area contributed by atoms with Crippen molar-refractivity contribution in [2.45, 2.75) is 58.2 Å². The first-order valence-electron chi connectivity index (χ1n) is 12.3. The van der Waals surface area contributed by atoms with E-state index in [0.717, 1.165) is 42.4 Å². The van der Waals surface area contributed by atoms with Crippen molar-refractivity contribution in [3.8, 4) is 0 Å². The molecular formula is C26H36N4O4. The van der Waals surface area contributed by atoms with Crippen molar-refractivity contribution >= 4 is 28.7 Å². The number of nitrogens with zero attached hydrogens (tertiary/aromatic N) is 2. The molecule has 1 saturated heterocycles. The Morgan fingerprint density at radius 3 is 2.29 bits per heavy atom. The minimum atomic E-state index is -0.489. The summed E-state index contributed by atoms with van der Waals surface area (Å²) in [6, 6.07) is 9.51. The fourth-order valence-corrected chi connectivity index (χ4v) is 4.67. The number of anilines is 1. The standard InChI is InChI=1S/C26H36N4O4/c1-26(2,3)34-25(33)28-14-18-10-8-17(9-11-18)13-27-24(32)21-12-23(30-15-19(31)16-30)29-22-7-5-4-6-20(21)22/h4-7,12,17-19,31H,8-11,13-16H2,1-3H3,(H,27,32)(H,28,33). The maximum absolute atomic E-state index is 13.1. The second kappa shape index (κ2) is 10.2. The monoisotopic (exact) mass is 468 g/mol. The number of nitrogens with one attached hydrogen (secondary N) is 2. The number of aliphatic hydroxyl groups excluding tert-OH is 1. The molecule has 1 aromatic carbocycles. The Morgan fingerprint density at radius 2 is 1.68 bits per heavy atom. The number of carbonyl (C=O) groups is 2. The van der Waals surface area contributed by atoms with Gasteiger partial charge in [-0.25, -0.2) is 9.78 Å². The van der Waals surface area contributed by atoms with Gasteiger partial charge in [-0.15, -0.1) is 0 Å². The number of aromatic nitrogens is 1. The smallest absolute Gasteiger partial charge is 0.407 e. The maximum atomic E-state index is 13.1. The number of amides is 2. The van der Waals surface area contributed by atoms with Crippen LogP contribution in [0.1, 0.15) is 56.8 Å². The number of hydrogen-bond acceptors (Lipinski definition) is 6. The van der Waals surface area contributed by atoms with Crippen LogP contribution in [0.15, 0.2) is 30.3 Å². The molecular weight excluding hydrogens is 432 g/mol. The van der Waals surface area contributed by atoms with E-state index in [2.05, 4.69) is 15.6 Å². The zero-order valence-electron chi connectivity index (χ0n) is 20.3. The molecule has 2 heterocycles.